The van der Waals surface area contributed by atoms with Gasteiger partial charge in [0.05, 0.1) is 5.92 Å². The Morgan fingerprint density at radius 1 is 1.00 bits per heavy atom. The number of nitrogens with zero attached hydrogens (tertiary/aromatic N) is 1. The number of amides is 3. The molecule has 0 spiro atoms. The number of imide groups is 1. The summed E-state index contributed by atoms with van der Waals surface area (Å²) < 4.78 is 16.2. The van der Waals surface area contributed by atoms with Crippen molar-refractivity contribution in [2.24, 2.45) is 5.92 Å². The molecular weight excluding hydrogens is 440 g/mol. The van der Waals surface area contributed by atoms with Crippen LogP contribution in [0.1, 0.15) is 66.9 Å². The average molecular weight is 477 g/mol. The molecule has 1 aromatic rings. The van der Waals surface area contributed by atoms with Gasteiger partial charge in [-0.15, -0.1) is 0 Å². The van der Waals surface area contributed by atoms with Crippen molar-refractivity contribution in [3.63, 3.8) is 0 Å². The first-order valence-corrected chi connectivity index (χ1v) is 11.4. The van der Waals surface area contributed by atoms with Gasteiger partial charge in [-0.3, -0.25) is 4.79 Å². The Morgan fingerprint density at radius 3 is 2.15 bits per heavy atom. The van der Waals surface area contributed by atoms with Gasteiger partial charge in [0.25, 0.3) is 0 Å². The Hall–Kier alpha value is -3.10. The lowest BCUT2D eigenvalue weighted by Gasteiger charge is -2.53. The van der Waals surface area contributed by atoms with Gasteiger partial charge in [0.1, 0.15) is 17.8 Å². The van der Waals surface area contributed by atoms with E-state index < -0.39 is 46.7 Å². The van der Waals surface area contributed by atoms with Crippen LogP contribution in [0, 0.1) is 5.92 Å². The van der Waals surface area contributed by atoms with E-state index in [9.17, 15) is 19.2 Å². The van der Waals surface area contributed by atoms with Crippen LogP contribution in [0.15, 0.2) is 30.3 Å². The topological polar surface area (TPSA) is 111 Å². The number of β-lactam (4-membered cyclic amide) rings is 1. The first-order chi connectivity index (χ1) is 15.7. The first-order valence-electron chi connectivity index (χ1n) is 11.4. The SMILES string of the molecule is C[C@@H]1C(=O)N(C(=O)OC(C)(C)C)[C@]1(CCCNC(=O)OCc1ccccc1)C(=O)OC(C)(C)C. The summed E-state index contributed by atoms with van der Waals surface area (Å²) in [4.78, 5) is 51.6. The molecule has 2 rings (SSSR count). The number of esters is 1. The molecule has 9 nitrogen and oxygen atoms in total. The maximum Gasteiger partial charge on any atom is 0.418 e. The van der Waals surface area contributed by atoms with E-state index in [2.05, 4.69) is 5.32 Å². The van der Waals surface area contributed by atoms with Gasteiger partial charge in [-0.05, 0) is 59.9 Å². The highest BCUT2D eigenvalue weighted by atomic mass is 16.6. The molecule has 3 amide bonds. The van der Waals surface area contributed by atoms with Gasteiger partial charge in [0.15, 0.2) is 5.54 Å². The Kier molecular flexibility index (Phi) is 8.34. The zero-order valence-electron chi connectivity index (χ0n) is 21.1. The van der Waals surface area contributed by atoms with Crippen molar-refractivity contribution in [1.82, 2.24) is 10.2 Å². The molecule has 1 fully saturated rings. The second-order valence-corrected chi connectivity index (χ2v) is 10.4. The Balaban J connectivity index is 2.07. The maximum absolute atomic E-state index is 13.3. The van der Waals surface area contributed by atoms with Crippen LogP contribution < -0.4 is 5.32 Å². The number of hydrogen-bond acceptors (Lipinski definition) is 7. The molecule has 1 N–H and O–H groups in total. The average Bonchev–Trinajstić information content (AvgIpc) is 2.71. The molecule has 0 unspecified atom stereocenters. The number of rotatable bonds is 7. The van der Waals surface area contributed by atoms with Gasteiger partial charge in [0, 0.05) is 6.54 Å². The van der Waals surface area contributed by atoms with Crippen LogP contribution in [0.25, 0.3) is 0 Å². The molecule has 1 aromatic carbocycles. The van der Waals surface area contributed by atoms with Crippen molar-refractivity contribution in [1.29, 1.82) is 0 Å². The summed E-state index contributed by atoms with van der Waals surface area (Å²) >= 11 is 0. The number of carbonyl (C=O) groups excluding carboxylic acids is 4. The first kappa shape index (κ1) is 27.1. The van der Waals surface area contributed by atoms with Gasteiger partial charge in [-0.1, -0.05) is 37.3 Å². The fourth-order valence-corrected chi connectivity index (χ4v) is 3.67. The molecule has 1 saturated heterocycles. The maximum atomic E-state index is 13.3. The van der Waals surface area contributed by atoms with Crippen molar-refractivity contribution in [2.75, 3.05) is 6.54 Å². The molecule has 0 radical (unpaired) electrons. The summed E-state index contributed by atoms with van der Waals surface area (Å²) in [5, 5.41) is 2.64. The summed E-state index contributed by atoms with van der Waals surface area (Å²) in [6, 6.07) is 9.27. The third kappa shape index (κ3) is 6.71. The molecule has 1 aliphatic heterocycles. The second-order valence-electron chi connectivity index (χ2n) is 10.4. The van der Waals surface area contributed by atoms with Crippen molar-refractivity contribution in [2.45, 2.75) is 84.7 Å². The molecule has 0 aromatic heterocycles. The molecular formula is C25H36N2O7. The van der Waals surface area contributed by atoms with Gasteiger partial charge in [0.2, 0.25) is 5.91 Å². The van der Waals surface area contributed by atoms with Crippen molar-refractivity contribution >= 4 is 24.1 Å². The van der Waals surface area contributed by atoms with Gasteiger partial charge in [-0.2, -0.15) is 0 Å². The lowest BCUT2D eigenvalue weighted by Crippen LogP contribution is -2.76. The fraction of sp³-hybridized carbons (Fsp3) is 0.600. The van der Waals surface area contributed by atoms with Crippen LogP contribution in [0.5, 0.6) is 0 Å². The lowest BCUT2D eigenvalue weighted by atomic mass is 9.71. The smallest absolute Gasteiger partial charge is 0.418 e. The number of ether oxygens (including phenoxy) is 3. The van der Waals surface area contributed by atoms with Gasteiger partial charge < -0.3 is 19.5 Å². The highest BCUT2D eigenvalue weighted by Crippen LogP contribution is 2.44. The van der Waals surface area contributed by atoms with E-state index in [4.69, 9.17) is 14.2 Å². The Morgan fingerprint density at radius 2 is 1.59 bits per heavy atom. The van der Waals surface area contributed by atoms with E-state index in [-0.39, 0.29) is 19.6 Å². The number of benzene rings is 1. The minimum atomic E-state index is -1.51. The fourth-order valence-electron chi connectivity index (χ4n) is 3.67. The zero-order valence-corrected chi connectivity index (χ0v) is 21.1. The number of nitrogens with one attached hydrogen (secondary N) is 1. The van der Waals surface area contributed by atoms with E-state index in [0.717, 1.165) is 10.5 Å². The van der Waals surface area contributed by atoms with E-state index in [1.54, 1.807) is 48.5 Å². The molecule has 0 aliphatic carbocycles. The summed E-state index contributed by atoms with van der Waals surface area (Å²) in [6.07, 6.45) is -1.09. The normalized spacial score (nSPS) is 20.3. The molecule has 0 saturated carbocycles. The summed E-state index contributed by atoms with van der Waals surface area (Å²) in [6.45, 7) is 12.1. The second kappa shape index (κ2) is 10.4. The molecule has 2 atom stereocenters. The minimum absolute atomic E-state index is 0.104. The molecule has 0 bridgehead atoms. The third-order valence-electron chi connectivity index (χ3n) is 5.25. The zero-order chi connectivity index (χ0) is 25.7. The van der Waals surface area contributed by atoms with E-state index in [1.165, 1.54) is 0 Å². The van der Waals surface area contributed by atoms with Gasteiger partial charge >= 0.3 is 18.2 Å². The van der Waals surface area contributed by atoms with Crippen LogP contribution in [0.3, 0.4) is 0 Å². The Bertz CT molecular complexity index is 902. The number of carbonyl (C=O) groups is 4. The number of hydrogen-bond donors (Lipinski definition) is 1. The van der Waals surface area contributed by atoms with E-state index in [1.807, 2.05) is 30.3 Å². The number of alkyl carbamates (subject to hydrolysis) is 1. The van der Waals surface area contributed by atoms with Crippen LogP contribution in [-0.2, 0) is 30.4 Å². The quantitative estimate of drug-likeness (QED) is 0.272. The highest BCUT2D eigenvalue weighted by Gasteiger charge is 2.67. The lowest BCUT2D eigenvalue weighted by molar-refractivity contribution is -0.195. The predicted octanol–water partition coefficient (Wildman–Crippen LogP) is 4.19. The molecule has 1 heterocycles. The van der Waals surface area contributed by atoms with Gasteiger partial charge in [-0.25, -0.2) is 19.3 Å². The molecule has 9 heteroatoms. The monoisotopic (exact) mass is 476 g/mol. The largest absolute Gasteiger partial charge is 0.458 e. The van der Waals surface area contributed by atoms with Crippen molar-refractivity contribution < 1.29 is 33.4 Å². The summed E-state index contributed by atoms with van der Waals surface area (Å²) in [5.41, 5.74) is -2.32. The van der Waals surface area contributed by atoms with E-state index >= 15 is 0 Å². The standard InChI is InChI=1S/C25H36N2O7/c1-17-19(28)27(22(31)34-24(5,6)7)25(17,20(29)33-23(2,3)4)14-11-15-26-21(30)32-16-18-12-9-8-10-13-18/h8-10,12-13,17H,11,14-16H2,1-7H3,(H,26,30)/t17-,25+/m1/s1. The van der Waals surface area contributed by atoms with Crippen molar-refractivity contribution in [3.8, 4) is 0 Å². The van der Waals surface area contributed by atoms with Crippen LogP contribution in [0.4, 0.5) is 9.59 Å². The van der Waals surface area contributed by atoms with Crippen LogP contribution in [-0.4, -0.2) is 52.2 Å². The van der Waals surface area contributed by atoms with Crippen LogP contribution >= 0.6 is 0 Å². The third-order valence-corrected chi connectivity index (χ3v) is 5.25. The summed E-state index contributed by atoms with van der Waals surface area (Å²) in [7, 11) is 0. The minimum Gasteiger partial charge on any atom is -0.458 e. The van der Waals surface area contributed by atoms with Crippen molar-refractivity contribution in [3.05, 3.63) is 35.9 Å². The number of likely N-dealkylation sites (tertiary alicyclic amines) is 1. The predicted molar refractivity (Wildman–Crippen MR) is 125 cm³/mol. The summed E-state index contributed by atoms with van der Waals surface area (Å²) in [5.74, 6) is -1.96. The molecule has 34 heavy (non-hydrogen) atoms. The molecule has 1 aliphatic rings. The highest BCUT2D eigenvalue weighted by molar-refractivity contribution is 6.09. The molecule has 188 valence electrons. The Labute approximate surface area is 201 Å². The van der Waals surface area contributed by atoms with Crippen LogP contribution in [0.2, 0.25) is 0 Å². The van der Waals surface area contributed by atoms with E-state index in [0.29, 0.717) is 6.42 Å².